The van der Waals surface area contributed by atoms with Crippen LogP contribution in [0.5, 0.6) is 0 Å². The summed E-state index contributed by atoms with van der Waals surface area (Å²) in [6.07, 6.45) is 0.703. The van der Waals surface area contributed by atoms with Crippen molar-refractivity contribution in [1.29, 1.82) is 0 Å². The minimum atomic E-state index is -0.0728. The summed E-state index contributed by atoms with van der Waals surface area (Å²) in [5.74, 6) is 1.16. The number of carbonyl (C=O) groups is 1. The Kier molecular flexibility index (Phi) is 4.17. The van der Waals surface area contributed by atoms with Crippen molar-refractivity contribution in [3.8, 4) is 11.5 Å². The molecule has 1 amide bonds. The van der Waals surface area contributed by atoms with E-state index in [0.29, 0.717) is 18.1 Å². The van der Waals surface area contributed by atoms with Gasteiger partial charge in [0.2, 0.25) is 5.91 Å². The van der Waals surface area contributed by atoms with Gasteiger partial charge in [-0.25, -0.2) is 0 Å². The first kappa shape index (κ1) is 15.1. The number of fused-ring (bicyclic) bond motifs is 1. The van der Waals surface area contributed by atoms with E-state index in [2.05, 4.69) is 27.7 Å². The third-order valence-electron chi connectivity index (χ3n) is 3.61. The van der Waals surface area contributed by atoms with E-state index >= 15 is 0 Å². The van der Waals surface area contributed by atoms with E-state index < -0.39 is 0 Å². The number of amides is 1. The van der Waals surface area contributed by atoms with Crippen molar-refractivity contribution >= 4 is 23.4 Å². The van der Waals surface area contributed by atoms with Gasteiger partial charge >= 0.3 is 0 Å². The zero-order chi connectivity index (χ0) is 15.7. The molecule has 116 valence electrons. The lowest BCUT2D eigenvalue weighted by atomic mass is 10.2. The maximum Gasteiger partial charge on any atom is 0.257 e. The Morgan fingerprint density at radius 2 is 2.32 bits per heavy atom. The lowest BCUT2D eigenvalue weighted by Crippen LogP contribution is -2.26. The molecule has 0 saturated carbocycles. The van der Waals surface area contributed by atoms with Crippen molar-refractivity contribution in [2.24, 2.45) is 0 Å². The molecule has 0 fully saturated rings. The number of hydrogen-bond acceptors (Lipinski definition) is 6. The normalized spacial score (nSPS) is 18.7. The first-order chi connectivity index (χ1) is 10.6. The summed E-state index contributed by atoms with van der Waals surface area (Å²) in [5.41, 5.74) is 1.61. The fourth-order valence-electron chi connectivity index (χ4n) is 2.17. The second-order valence-electron chi connectivity index (χ2n) is 5.37. The van der Waals surface area contributed by atoms with Gasteiger partial charge in [0.1, 0.15) is 0 Å². The highest BCUT2D eigenvalue weighted by Crippen LogP contribution is 2.37. The number of anilines is 1. The van der Waals surface area contributed by atoms with Crippen molar-refractivity contribution in [2.45, 2.75) is 36.5 Å². The molecule has 7 heteroatoms. The zero-order valence-corrected chi connectivity index (χ0v) is 13.5. The van der Waals surface area contributed by atoms with Crippen LogP contribution in [0.25, 0.3) is 11.5 Å². The Morgan fingerprint density at radius 3 is 3.09 bits per heavy atom. The number of thioether (sulfide) groups is 1. The van der Waals surface area contributed by atoms with E-state index in [1.54, 1.807) is 11.8 Å². The van der Waals surface area contributed by atoms with Crippen LogP contribution in [0.1, 0.15) is 19.7 Å². The maximum absolute atomic E-state index is 11.8. The molecule has 1 aliphatic heterocycles. The minimum absolute atomic E-state index is 0.0173. The predicted molar refractivity (Wildman–Crippen MR) is 85.9 cm³/mol. The number of likely N-dealkylation sites (N-methyl/N-ethyl adjacent to an activating group) is 1. The summed E-state index contributed by atoms with van der Waals surface area (Å²) in [6, 6.07) is 6.08. The van der Waals surface area contributed by atoms with Gasteiger partial charge in [0, 0.05) is 22.9 Å². The van der Waals surface area contributed by atoms with E-state index in [9.17, 15) is 4.79 Å². The molecular formula is C15H18N4O2S. The van der Waals surface area contributed by atoms with Gasteiger partial charge < -0.3 is 15.2 Å². The molecule has 3 rings (SSSR count). The van der Waals surface area contributed by atoms with Crippen LogP contribution in [0.4, 0.5) is 5.69 Å². The van der Waals surface area contributed by atoms with Gasteiger partial charge in [0.25, 0.3) is 5.89 Å². The van der Waals surface area contributed by atoms with Gasteiger partial charge in [-0.05, 0) is 39.1 Å². The van der Waals surface area contributed by atoms with Crippen molar-refractivity contribution in [2.75, 3.05) is 12.4 Å². The number of hydrogen-bond donors (Lipinski definition) is 2. The molecule has 0 bridgehead atoms. The Hall–Kier alpha value is -1.86. The number of nitrogens with one attached hydrogen (secondary N) is 2. The molecular weight excluding hydrogens is 300 g/mol. The molecule has 22 heavy (non-hydrogen) atoms. The summed E-state index contributed by atoms with van der Waals surface area (Å²) in [5, 5.41) is 9.98. The monoisotopic (exact) mass is 318 g/mol. The largest absolute Gasteiger partial charge is 0.334 e. The molecule has 2 unspecified atom stereocenters. The lowest BCUT2D eigenvalue weighted by molar-refractivity contribution is -0.115. The average molecular weight is 318 g/mol. The van der Waals surface area contributed by atoms with Crippen LogP contribution in [0.15, 0.2) is 27.6 Å². The van der Waals surface area contributed by atoms with Crippen molar-refractivity contribution < 1.29 is 9.32 Å². The summed E-state index contributed by atoms with van der Waals surface area (Å²) in [4.78, 5) is 17.2. The van der Waals surface area contributed by atoms with Gasteiger partial charge in [-0.3, -0.25) is 4.79 Å². The van der Waals surface area contributed by atoms with E-state index in [-0.39, 0.29) is 17.2 Å². The van der Waals surface area contributed by atoms with Crippen molar-refractivity contribution in [3.63, 3.8) is 0 Å². The first-order valence-corrected chi connectivity index (χ1v) is 8.06. The molecule has 2 atom stereocenters. The Balaban J connectivity index is 1.84. The predicted octanol–water partition coefficient (Wildman–Crippen LogP) is 2.32. The molecule has 1 aromatic carbocycles. The maximum atomic E-state index is 11.8. The molecule has 0 saturated heterocycles. The first-order valence-electron chi connectivity index (χ1n) is 7.18. The van der Waals surface area contributed by atoms with Gasteiger partial charge in [0.15, 0.2) is 5.82 Å². The van der Waals surface area contributed by atoms with E-state index in [1.807, 2.05) is 32.2 Å². The van der Waals surface area contributed by atoms with Crippen LogP contribution in [0.2, 0.25) is 0 Å². The van der Waals surface area contributed by atoms with Gasteiger partial charge in [-0.1, -0.05) is 5.16 Å². The van der Waals surface area contributed by atoms with Crippen LogP contribution < -0.4 is 10.6 Å². The second kappa shape index (κ2) is 6.10. The third kappa shape index (κ3) is 3.00. The van der Waals surface area contributed by atoms with E-state index in [4.69, 9.17) is 4.52 Å². The summed E-state index contributed by atoms with van der Waals surface area (Å²) >= 11 is 1.55. The average Bonchev–Trinajstić information content (AvgIpc) is 2.96. The molecule has 2 heterocycles. The van der Waals surface area contributed by atoms with Crippen LogP contribution in [0.3, 0.4) is 0 Å². The fourth-order valence-corrected chi connectivity index (χ4v) is 3.10. The van der Waals surface area contributed by atoms with Crippen LogP contribution in [-0.4, -0.2) is 34.4 Å². The molecule has 1 aliphatic rings. The summed E-state index contributed by atoms with van der Waals surface area (Å²) in [6.45, 7) is 3.95. The molecule has 2 N–H and O–H groups in total. The number of aromatic nitrogens is 2. The topological polar surface area (TPSA) is 80.0 Å². The number of carbonyl (C=O) groups excluding carboxylic acids is 1. The SMILES string of the molecule is CNC(C)Cc1noc(-c2ccc3c(c2)NC(=O)C(C)S3)n1. The molecule has 1 aromatic heterocycles. The quantitative estimate of drug-likeness (QED) is 0.900. The number of nitrogens with zero attached hydrogens (tertiary/aromatic N) is 2. The minimum Gasteiger partial charge on any atom is -0.334 e. The van der Waals surface area contributed by atoms with Crippen LogP contribution >= 0.6 is 11.8 Å². The highest BCUT2D eigenvalue weighted by molar-refractivity contribution is 8.00. The highest BCUT2D eigenvalue weighted by Gasteiger charge is 2.23. The summed E-state index contributed by atoms with van der Waals surface area (Å²) in [7, 11) is 1.90. The molecule has 2 aromatic rings. The van der Waals surface area contributed by atoms with Crippen molar-refractivity contribution in [3.05, 3.63) is 24.0 Å². The van der Waals surface area contributed by atoms with Gasteiger partial charge in [-0.15, -0.1) is 11.8 Å². The van der Waals surface area contributed by atoms with Crippen LogP contribution in [-0.2, 0) is 11.2 Å². The second-order valence-corrected chi connectivity index (χ2v) is 6.75. The fraction of sp³-hybridized carbons (Fsp3) is 0.400. The molecule has 0 radical (unpaired) electrons. The zero-order valence-electron chi connectivity index (χ0n) is 12.7. The van der Waals surface area contributed by atoms with E-state index in [1.165, 1.54) is 0 Å². The van der Waals surface area contributed by atoms with Gasteiger partial charge in [0.05, 0.1) is 10.9 Å². The smallest absolute Gasteiger partial charge is 0.257 e. The Bertz CT molecular complexity index is 701. The molecule has 6 nitrogen and oxygen atoms in total. The Morgan fingerprint density at radius 1 is 1.50 bits per heavy atom. The molecule has 0 aliphatic carbocycles. The van der Waals surface area contributed by atoms with Crippen molar-refractivity contribution in [1.82, 2.24) is 15.5 Å². The number of rotatable bonds is 4. The van der Waals surface area contributed by atoms with Gasteiger partial charge in [-0.2, -0.15) is 4.98 Å². The number of benzene rings is 1. The lowest BCUT2D eigenvalue weighted by Gasteiger charge is -2.21. The Labute approximate surface area is 133 Å². The molecule has 0 spiro atoms. The summed E-state index contributed by atoms with van der Waals surface area (Å²) < 4.78 is 5.33. The third-order valence-corrected chi connectivity index (χ3v) is 4.78. The standard InChI is InChI=1S/C15H18N4O2S/c1-8(16-3)6-13-18-15(21-19-13)10-4-5-12-11(7-10)17-14(20)9(2)22-12/h4-5,7-9,16H,6H2,1-3H3,(H,17,20). The van der Waals surface area contributed by atoms with Crippen LogP contribution in [0, 0.1) is 0 Å². The highest BCUT2D eigenvalue weighted by atomic mass is 32.2. The van der Waals surface area contributed by atoms with E-state index in [0.717, 1.165) is 16.1 Å².